The molecule has 2 rings (SSSR count). The molecule has 17 heavy (non-hydrogen) atoms. The number of rotatable bonds is 4. The van der Waals surface area contributed by atoms with Crippen LogP contribution in [0, 0.1) is 11.3 Å². The third-order valence-electron chi connectivity index (χ3n) is 2.14. The van der Waals surface area contributed by atoms with Gasteiger partial charge in [0.2, 0.25) is 5.82 Å². The van der Waals surface area contributed by atoms with Gasteiger partial charge < -0.3 is 9.67 Å². The van der Waals surface area contributed by atoms with Crippen molar-refractivity contribution in [3.8, 4) is 6.07 Å². The lowest BCUT2D eigenvalue weighted by molar-refractivity contribution is 0.0690. The second kappa shape index (κ2) is 4.44. The van der Waals surface area contributed by atoms with Crippen LogP contribution in [0.15, 0.2) is 18.6 Å². The number of imidazole rings is 1. The van der Waals surface area contributed by atoms with Crippen LogP contribution in [0.3, 0.4) is 0 Å². The Kier molecular flexibility index (Phi) is 2.83. The lowest BCUT2D eigenvalue weighted by atomic mass is 10.5. The molecule has 0 atom stereocenters. The zero-order chi connectivity index (χ0) is 12.3. The molecule has 8 heteroatoms. The van der Waals surface area contributed by atoms with Gasteiger partial charge in [0.15, 0.2) is 5.69 Å². The summed E-state index contributed by atoms with van der Waals surface area (Å²) in [6.07, 6.45) is 4.54. The SMILES string of the molecule is N#Cc1nccn1CCn1cc(C(=O)O)nn1. The molecule has 0 saturated heterocycles. The molecule has 0 amide bonds. The van der Waals surface area contributed by atoms with Crippen molar-refractivity contribution >= 4 is 5.97 Å². The van der Waals surface area contributed by atoms with Crippen molar-refractivity contribution < 1.29 is 9.90 Å². The fraction of sp³-hybridized carbons (Fsp3) is 0.222. The van der Waals surface area contributed by atoms with Gasteiger partial charge in [-0.25, -0.2) is 14.5 Å². The zero-order valence-electron chi connectivity index (χ0n) is 8.69. The summed E-state index contributed by atoms with van der Waals surface area (Å²) in [5.41, 5.74) is -0.101. The molecule has 1 N–H and O–H groups in total. The van der Waals surface area contributed by atoms with Crippen molar-refractivity contribution in [2.75, 3.05) is 0 Å². The molecular weight excluding hydrogens is 224 g/mol. The number of aromatic carboxylic acids is 1. The Morgan fingerprint density at radius 2 is 2.35 bits per heavy atom. The van der Waals surface area contributed by atoms with Crippen LogP contribution in [0.5, 0.6) is 0 Å². The number of hydrogen-bond donors (Lipinski definition) is 1. The van der Waals surface area contributed by atoms with Gasteiger partial charge >= 0.3 is 5.97 Å². The molecule has 86 valence electrons. The summed E-state index contributed by atoms with van der Waals surface area (Å²) in [6, 6.07) is 1.95. The van der Waals surface area contributed by atoms with E-state index in [1.807, 2.05) is 6.07 Å². The maximum Gasteiger partial charge on any atom is 0.358 e. The Labute approximate surface area is 95.7 Å². The average Bonchev–Trinajstić information content (AvgIpc) is 2.95. The number of hydrogen-bond acceptors (Lipinski definition) is 5. The number of aryl methyl sites for hydroxylation is 2. The summed E-state index contributed by atoms with van der Waals surface area (Å²) >= 11 is 0. The molecule has 8 nitrogen and oxygen atoms in total. The normalized spacial score (nSPS) is 10.1. The largest absolute Gasteiger partial charge is 0.476 e. The van der Waals surface area contributed by atoms with Crippen molar-refractivity contribution in [1.29, 1.82) is 5.26 Å². The number of aromatic nitrogens is 5. The minimum Gasteiger partial charge on any atom is -0.476 e. The Hall–Kier alpha value is -2.69. The van der Waals surface area contributed by atoms with Gasteiger partial charge in [-0.05, 0) is 0 Å². The van der Waals surface area contributed by atoms with Gasteiger partial charge in [0.05, 0.1) is 12.7 Å². The van der Waals surface area contributed by atoms with Gasteiger partial charge in [-0.1, -0.05) is 5.21 Å². The van der Waals surface area contributed by atoms with Gasteiger partial charge in [0.25, 0.3) is 0 Å². The fourth-order valence-corrected chi connectivity index (χ4v) is 1.32. The first kappa shape index (κ1) is 10.8. The number of nitriles is 1. The summed E-state index contributed by atoms with van der Waals surface area (Å²) < 4.78 is 3.06. The smallest absolute Gasteiger partial charge is 0.358 e. The van der Waals surface area contributed by atoms with Crippen LogP contribution in [0.1, 0.15) is 16.3 Å². The van der Waals surface area contributed by atoms with Crippen LogP contribution in [0.4, 0.5) is 0 Å². The van der Waals surface area contributed by atoms with E-state index in [1.54, 1.807) is 10.8 Å². The van der Waals surface area contributed by atoms with Crippen LogP contribution in [0.2, 0.25) is 0 Å². The molecular formula is C9H8N6O2. The van der Waals surface area contributed by atoms with Crippen molar-refractivity contribution in [1.82, 2.24) is 24.5 Å². The minimum absolute atomic E-state index is 0.101. The number of carboxylic acid groups (broad SMARTS) is 1. The molecule has 0 spiro atoms. The second-order valence-electron chi connectivity index (χ2n) is 3.23. The molecule has 0 aliphatic heterocycles. The zero-order valence-corrected chi connectivity index (χ0v) is 8.69. The molecule has 0 aromatic carbocycles. The quantitative estimate of drug-likeness (QED) is 0.777. The summed E-state index contributed by atoms with van der Waals surface area (Å²) in [7, 11) is 0. The third kappa shape index (κ3) is 2.28. The van der Waals surface area contributed by atoms with E-state index in [2.05, 4.69) is 15.3 Å². The Bertz CT molecular complexity index is 578. The lowest BCUT2D eigenvalue weighted by Crippen LogP contribution is -2.09. The maximum absolute atomic E-state index is 10.6. The van der Waals surface area contributed by atoms with Crippen LogP contribution >= 0.6 is 0 Å². The van der Waals surface area contributed by atoms with Crippen LogP contribution < -0.4 is 0 Å². The van der Waals surface area contributed by atoms with Crippen molar-refractivity contribution in [2.45, 2.75) is 13.1 Å². The van der Waals surface area contributed by atoms with E-state index >= 15 is 0 Å². The van der Waals surface area contributed by atoms with Crippen molar-refractivity contribution in [2.24, 2.45) is 0 Å². The van der Waals surface area contributed by atoms with Crippen LogP contribution in [-0.4, -0.2) is 35.6 Å². The number of carboxylic acids is 1. The van der Waals surface area contributed by atoms with Gasteiger partial charge in [0, 0.05) is 18.9 Å². The first-order valence-corrected chi connectivity index (χ1v) is 4.75. The van der Waals surface area contributed by atoms with Crippen molar-refractivity contribution in [3.63, 3.8) is 0 Å². The third-order valence-corrected chi connectivity index (χ3v) is 2.14. The number of carbonyl (C=O) groups is 1. The Morgan fingerprint density at radius 3 is 3.00 bits per heavy atom. The first-order valence-electron chi connectivity index (χ1n) is 4.75. The predicted molar refractivity (Wildman–Crippen MR) is 53.9 cm³/mol. The molecule has 2 heterocycles. The van der Waals surface area contributed by atoms with E-state index in [4.69, 9.17) is 10.4 Å². The minimum atomic E-state index is -1.11. The van der Waals surface area contributed by atoms with Crippen LogP contribution in [0.25, 0.3) is 0 Å². The van der Waals surface area contributed by atoms with Gasteiger partial charge in [0.1, 0.15) is 6.07 Å². The van der Waals surface area contributed by atoms with E-state index < -0.39 is 5.97 Å². The molecule has 2 aromatic rings. The molecule has 0 aliphatic carbocycles. The molecule has 0 saturated carbocycles. The van der Waals surface area contributed by atoms with E-state index in [1.165, 1.54) is 17.1 Å². The Balaban J connectivity index is 2.03. The topological polar surface area (TPSA) is 110 Å². The molecule has 2 aromatic heterocycles. The standard InChI is InChI=1S/C9H8N6O2/c10-5-8-11-1-2-14(8)3-4-15-6-7(9(16)17)12-13-15/h1-2,6H,3-4H2,(H,16,17). The highest BCUT2D eigenvalue weighted by atomic mass is 16.4. The van der Waals surface area contributed by atoms with E-state index in [0.717, 1.165) is 0 Å². The molecule has 0 fully saturated rings. The van der Waals surface area contributed by atoms with Gasteiger partial charge in [-0.3, -0.25) is 0 Å². The average molecular weight is 232 g/mol. The van der Waals surface area contributed by atoms with Gasteiger partial charge in [-0.2, -0.15) is 5.26 Å². The van der Waals surface area contributed by atoms with E-state index in [-0.39, 0.29) is 5.69 Å². The van der Waals surface area contributed by atoms with E-state index in [9.17, 15) is 4.79 Å². The van der Waals surface area contributed by atoms with Crippen molar-refractivity contribution in [3.05, 3.63) is 30.1 Å². The lowest BCUT2D eigenvalue weighted by Gasteiger charge is -2.02. The Morgan fingerprint density at radius 1 is 1.53 bits per heavy atom. The monoisotopic (exact) mass is 232 g/mol. The second-order valence-corrected chi connectivity index (χ2v) is 3.23. The number of nitrogens with zero attached hydrogens (tertiary/aromatic N) is 6. The predicted octanol–water partition coefficient (Wildman–Crippen LogP) is -0.255. The molecule has 0 radical (unpaired) electrons. The van der Waals surface area contributed by atoms with E-state index in [0.29, 0.717) is 18.9 Å². The summed E-state index contributed by atoms with van der Waals surface area (Å²) in [5.74, 6) is -0.805. The summed E-state index contributed by atoms with van der Waals surface area (Å²) in [4.78, 5) is 14.4. The molecule has 0 aliphatic rings. The fourth-order valence-electron chi connectivity index (χ4n) is 1.32. The first-order chi connectivity index (χ1) is 8.20. The van der Waals surface area contributed by atoms with Crippen LogP contribution in [-0.2, 0) is 13.1 Å². The highest BCUT2D eigenvalue weighted by Gasteiger charge is 2.08. The van der Waals surface area contributed by atoms with Gasteiger partial charge in [-0.15, -0.1) is 5.10 Å². The highest BCUT2D eigenvalue weighted by molar-refractivity contribution is 5.84. The summed E-state index contributed by atoms with van der Waals surface area (Å²) in [6.45, 7) is 0.899. The maximum atomic E-state index is 10.6. The molecule has 0 unspecified atom stereocenters. The highest BCUT2D eigenvalue weighted by Crippen LogP contribution is 1.98. The summed E-state index contributed by atoms with van der Waals surface area (Å²) in [5, 5.41) is 24.5. The molecule has 0 bridgehead atoms.